The summed E-state index contributed by atoms with van der Waals surface area (Å²) in [7, 11) is 0. The van der Waals surface area contributed by atoms with Crippen molar-refractivity contribution in [1.29, 1.82) is 0 Å². The molecule has 0 aliphatic heterocycles. The van der Waals surface area contributed by atoms with Crippen molar-refractivity contribution in [3.63, 3.8) is 0 Å². The molecule has 2 N–H and O–H groups in total. The number of hydrogen-bond acceptors (Lipinski definition) is 2. The van der Waals surface area contributed by atoms with Crippen LogP contribution in [-0.2, 0) is 18.1 Å². The highest BCUT2D eigenvalue weighted by Gasteiger charge is 2.30. The van der Waals surface area contributed by atoms with Crippen molar-refractivity contribution in [1.82, 2.24) is 10.2 Å². The Morgan fingerprint density at radius 3 is 2.52 bits per heavy atom. The van der Waals surface area contributed by atoms with Gasteiger partial charge in [-0.2, -0.15) is 18.3 Å². The summed E-state index contributed by atoms with van der Waals surface area (Å²) in [5.74, 6) is 0. The second kappa shape index (κ2) is 5.42. The van der Waals surface area contributed by atoms with Gasteiger partial charge in [-0.3, -0.25) is 5.10 Å². The van der Waals surface area contributed by atoms with Gasteiger partial charge >= 0.3 is 6.18 Å². The number of rotatable bonds is 3. The van der Waals surface area contributed by atoms with Gasteiger partial charge in [-0.1, -0.05) is 26.8 Å². The van der Waals surface area contributed by atoms with Crippen molar-refractivity contribution in [2.24, 2.45) is 0 Å². The summed E-state index contributed by atoms with van der Waals surface area (Å²) in [5.41, 5.74) is 1.51. The largest absolute Gasteiger partial charge is 0.416 e. The lowest BCUT2D eigenvalue weighted by molar-refractivity contribution is -0.137. The van der Waals surface area contributed by atoms with Crippen molar-refractivity contribution >= 4 is 5.69 Å². The zero-order chi connectivity index (χ0) is 15.7. The van der Waals surface area contributed by atoms with E-state index in [-0.39, 0.29) is 5.41 Å². The number of alkyl halides is 3. The fraction of sp³-hybridized carbons (Fsp3) is 0.400. The second-order valence-corrected chi connectivity index (χ2v) is 5.94. The molecule has 0 spiro atoms. The number of nitrogens with one attached hydrogen (secondary N) is 2. The standard InChI is InChI=1S/C15H18F3N3/c1-14(2,3)13-10(9-20-21-13)8-19-12-6-4-5-11(7-12)15(16,17)18/h4-7,9,19H,8H2,1-3H3,(H,20,21). The molecule has 0 atom stereocenters. The van der Waals surface area contributed by atoms with Crippen LogP contribution in [0.2, 0.25) is 0 Å². The molecule has 0 amide bonds. The highest BCUT2D eigenvalue weighted by molar-refractivity contribution is 5.47. The molecule has 2 rings (SSSR count). The summed E-state index contributed by atoms with van der Waals surface area (Å²) >= 11 is 0. The number of nitrogens with zero attached hydrogens (tertiary/aromatic N) is 1. The summed E-state index contributed by atoms with van der Waals surface area (Å²) in [4.78, 5) is 0. The molecule has 0 saturated carbocycles. The van der Waals surface area contributed by atoms with Crippen LogP contribution >= 0.6 is 0 Å². The smallest absolute Gasteiger partial charge is 0.381 e. The molecule has 0 fully saturated rings. The van der Waals surface area contributed by atoms with Gasteiger partial charge in [0.2, 0.25) is 0 Å². The fourth-order valence-corrected chi connectivity index (χ4v) is 2.10. The average Bonchev–Trinajstić information content (AvgIpc) is 2.84. The zero-order valence-corrected chi connectivity index (χ0v) is 12.2. The van der Waals surface area contributed by atoms with Crippen LogP contribution in [0.5, 0.6) is 0 Å². The average molecular weight is 297 g/mol. The van der Waals surface area contributed by atoms with Crippen LogP contribution in [0.1, 0.15) is 37.6 Å². The minimum absolute atomic E-state index is 0.120. The van der Waals surface area contributed by atoms with Crippen LogP contribution in [0.15, 0.2) is 30.5 Å². The molecule has 1 aromatic heterocycles. The van der Waals surface area contributed by atoms with Gasteiger partial charge in [0, 0.05) is 29.4 Å². The lowest BCUT2D eigenvalue weighted by Crippen LogP contribution is -2.15. The summed E-state index contributed by atoms with van der Waals surface area (Å²) in [5, 5.41) is 10.0. The minimum atomic E-state index is -4.33. The number of hydrogen-bond donors (Lipinski definition) is 2. The lowest BCUT2D eigenvalue weighted by atomic mass is 9.89. The third kappa shape index (κ3) is 3.77. The first-order valence-electron chi connectivity index (χ1n) is 6.62. The van der Waals surface area contributed by atoms with Gasteiger partial charge in [-0.15, -0.1) is 0 Å². The van der Waals surface area contributed by atoms with Crippen LogP contribution in [0.4, 0.5) is 18.9 Å². The van der Waals surface area contributed by atoms with Crippen molar-refractivity contribution in [3.05, 3.63) is 47.3 Å². The predicted molar refractivity (Wildman–Crippen MR) is 76.1 cm³/mol. The first-order valence-corrected chi connectivity index (χ1v) is 6.62. The van der Waals surface area contributed by atoms with Gasteiger partial charge in [0.1, 0.15) is 0 Å². The van der Waals surface area contributed by atoms with Gasteiger partial charge in [0.05, 0.1) is 11.3 Å². The van der Waals surface area contributed by atoms with Gasteiger partial charge < -0.3 is 5.32 Å². The molecule has 6 heteroatoms. The van der Waals surface area contributed by atoms with E-state index in [9.17, 15) is 13.2 Å². The number of halogens is 3. The van der Waals surface area contributed by atoms with E-state index in [0.29, 0.717) is 12.2 Å². The van der Waals surface area contributed by atoms with Crippen LogP contribution in [0.3, 0.4) is 0 Å². The van der Waals surface area contributed by atoms with E-state index in [1.54, 1.807) is 12.3 Å². The zero-order valence-electron chi connectivity index (χ0n) is 12.2. The fourth-order valence-electron chi connectivity index (χ4n) is 2.10. The van der Waals surface area contributed by atoms with Crippen molar-refractivity contribution in [2.75, 3.05) is 5.32 Å². The topological polar surface area (TPSA) is 40.7 Å². The quantitative estimate of drug-likeness (QED) is 0.885. The SMILES string of the molecule is CC(C)(C)c1n[nH]cc1CNc1cccc(C(F)(F)F)c1. The van der Waals surface area contributed by atoms with E-state index in [4.69, 9.17) is 0 Å². The maximum Gasteiger partial charge on any atom is 0.416 e. The van der Waals surface area contributed by atoms with E-state index in [2.05, 4.69) is 15.5 Å². The summed E-state index contributed by atoms with van der Waals surface area (Å²) in [6.45, 7) is 6.54. The van der Waals surface area contributed by atoms with E-state index in [0.717, 1.165) is 23.4 Å². The summed E-state index contributed by atoms with van der Waals surface area (Å²) < 4.78 is 38.0. The molecule has 0 saturated heterocycles. The van der Waals surface area contributed by atoms with Gasteiger partial charge in [0.25, 0.3) is 0 Å². The second-order valence-electron chi connectivity index (χ2n) is 5.94. The van der Waals surface area contributed by atoms with Crippen LogP contribution in [-0.4, -0.2) is 10.2 Å². The molecule has 2 aromatic rings. The Balaban J connectivity index is 2.13. The maximum atomic E-state index is 12.7. The minimum Gasteiger partial charge on any atom is -0.381 e. The Labute approximate surface area is 121 Å². The van der Waals surface area contributed by atoms with Gasteiger partial charge in [-0.25, -0.2) is 0 Å². The Hall–Kier alpha value is -1.98. The predicted octanol–water partition coefficient (Wildman–Crippen LogP) is 4.34. The summed E-state index contributed by atoms with van der Waals surface area (Å²) in [6.07, 6.45) is -2.56. The number of anilines is 1. The Bertz CT molecular complexity index is 609. The van der Waals surface area contributed by atoms with E-state index in [1.807, 2.05) is 20.8 Å². The van der Waals surface area contributed by atoms with Gasteiger partial charge in [-0.05, 0) is 18.2 Å². The van der Waals surface area contributed by atoms with E-state index in [1.165, 1.54) is 6.07 Å². The van der Waals surface area contributed by atoms with Crippen LogP contribution in [0, 0.1) is 0 Å². The highest BCUT2D eigenvalue weighted by Crippen LogP contribution is 2.31. The Morgan fingerprint density at radius 2 is 1.90 bits per heavy atom. The Kier molecular flexibility index (Phi) is 3.98. The van der Waals surface area contributed by atoms with Crippen molar-refractivity contribution in [3.8, 4) is 0 Å². The molecule has 1 heterocycles. The normalized spacial score (nSPS) is 12.5. The molecule has 0 unspecified atom stereocenters. The number of H-pyrrole nitrogens is 1. The van der Waals surface area contributed by atoms with E-state index < -0.39 is 11.7 Å². The number of benzene rings is 1. The molecule has 3 nitrogen and oxygen atoms in total. The monoisotopic (exact) mass is 297 g/mol. The molecule has 0 aliphatic rings. The molecule has 0 radical (unpaired) electrons. The third-order valence-electron chi connectivity index (χ3n) is 3.10. The van der Waals surface area contributed by atoms with E-state index >= 15 is 0 Å². The van der Waals surface area contributed by atoms with Crippen molar-refractivity contribution in [2.45, 2.75) is 38.9 Å². The molecule has 0 bridgehead atoms. The molecule has 0 aliphatic carbocycles. The Morgan fingerprint density at radius 1 is 1.19 bits per heavy atom. The first kappa shape index (κ1) is 15.4. The molecular formula is C15H18F3N3. The number of aromatic amines is 1. The van der Waals surface area contributed by atoms with Crippen molar-refractivity contribution < 1.29 is 13.2 Å². The number of aromatic nitrogens is 2. The first-order chi connectivity index (χ1) is 9.68. The molecular weight excluding hydrogens is 279 g/mol. The lowest BCUT2D eigenvalue weighted by Gasteiger charge is -2.18. The molecule has 21 heavy (non-hydrogen) atoms. The maximum absolute atomic E-state index is 12.7. The summed E-state index contributed by atoms with van der Waals surface area (Å²) in [6, 6.07) is 5.18. The highest BCUT2D eigenvalue weighted by atomic mass is 19.4. The third-order valence-corrected chi connectivity index (χ3v) is 3.10. The van der Waals surface area contributed by atoms with Crippen LogP contribution in [0.25, 0.3) is 0 Å². The van der Waals surface area contributed by atoms with Crippen LogP contribution < -0.4 is 5.32 Å². The van der Waals surface area contributed by atoms with Gasteiger partial charge in [0.15, 0.2) is 0 Å². The molecule has 114 valence electrons. The molecule has 1 aromatic carbocycles.